The van der Waals surface area contributed by atoms with Crippen LogP contribution in [0.4, 0.5) is 5.82 Å². The summed E-state index contributed by atoms with van der Waals surface area (Å²) in [5.41, 5.74) is 5.96. The smallest absolute Gasteiger partial charge is 0.259 e. The van der Waals surface area contributed by atoms with Gasteiger partial charge in [-0.3, -0.25) is 9.69 Å². The highest BCUT2D eigenvalue weighted by atomic mass is 16.5. The molecule has 0 aliphatic carbocycles. The molecule has 1 aliphatic rings. The molecule has 2 heterocycles. The molecule has 3 aromatic carbocycles. The van der Waals surface area contributed by atoms with E-state index >= 15 is 0 Å². The van der Waals surface area contributed by atoms with Gasteiger partial charge in [0.2, 0.25) is 0 Å². The van der Waals surface area contributed by atoms with Crippen LogP contribution in [0.5, 0.6) is 5.75 Å². The van der Waals surface area contributed by atoms with Crippen LogP contribution in [-0.4, -0.2) is 29.3 Å². The Bertz CT molecular complexity index is 1260. The van der Waals surface area contributed by atoms with Crippen LogP contribution in [0.25, 0.3) is 22.3 Å². The molecule has 5 nitrogen and oxygen atoms in total. The van der Waals surface area contributed by atoms with Crippen LogP contribution in [0.2, 0.25) is 0 Å². The minimum absolute atomic E-state index is 0.0213. The average molecular weight is 424 g/mol. The molecule has 0 saturated heterocycles. The van der Waals surface area contributed by atoms with E-state index in [2.05, 4.69) is 30.3 Å². The quantitative estimate of drug-likeness (QED) is 0.430. The summed E-state index contributed by atoms with van der Waals surface area (Å²) in [6, 6.07) is 26.0. The Labute approximate surface area is 187 Å². The molecule has 0 fully saturated rings. The average Bonchev–Trinajstić information content (AvgIpc) is 3.20. The molecule has 0 bridgehead atoms. The monoisotopic (exact) mass is 423 g/mol. The highest BCUT2D eigenvalue weighted by molar-refractivity contribution is 6.08. The fourth-order valence-corrected chi connectivity index (χ4v) is 4.46. The Balaban J connectivity index is 1.64. The fourth-order valence-electron chi connectivity index (χ4n) is 4.46. The molecule has 0 N–H and O–H groups in total. The first-order valence-electron chi connectivity index (χ1n) is 10.9. The number of hydrogen-bond donors (Lipinski definition) is 0. The van der Waals surface area contributed by atoms with Gasteiger partial charge in [-0.1, -0.05) is 54.6 Å². The SMILES string of the molecule is COc1ccc(C(=O)N2CCCn3nc(C)c(-c4ccccc4-c4ccccc4)c32)cc1. The third-order valence-corrected chi connectivity index (χ3v) is 5.97. The standard InChI is InChI=1S/C27H25N3O2/c1-19-25(24-12-7-6-11-23(24)20-9-4-3-5-10-20)26-29(17-8-18-30(26)28-19)27(31)21-13-15-22(32-2)16-14-21/h3-7,9-16H,8,17-18H2,1-2H3. The molecule has 5 rings (SSSR count). The van der Waals surface area contributed by atoms with Crippen molar-refractivity contribution in [3.05, 3.63) is 90.1 Å². The number of nitrogens with zero attached hydrogens (tertiary/aromatic N) is 3. The Kier molecular flexibility index (Phi) is 5.23. The number of ether oxygens (including phenoxy) is 1. The van der Waals surface area contributed by atoms with E-state index < -0.39 is 0 Å². The number of aryl methyl sites for hydroxylation is 2. The number of fused-ring (bicyclic) bond motifs is 1. The molecule has 0 atom stereocenters. The van der Waals surface area contributed by atoms with E-state index in [0.717, 1.165) is 52.5 Å². The minimum Gasteiger partial charge on any atom is -0.497 e. The normalized spacial score (nSPS) is 13.0. The molecule has 0 spiro atoms. The zero-order valence-electron chi connectivity index (χ0n) is 18.3. The second-order valence-electron chi connectivity index (χ2n) is 7.96. The van der Waals surface area contributed by atoms with Crippen LogP contribution in [0, 0.1) is 6.92 Å². The first-order chi connectivity index (χ1) is 15.7. The molecule has 1 aliphatic heterocycles. The van der Waals surface area contributed by atoms with Crippen LogP contribution < -0.4 is 9.64 Å². The van der Waals surface area contributed by atoms with Crippen molar-refractivity contribution >= 4 is 11.7 Å². The van der Waals surface area contributed by atoms with E-state index in [1.54, 1.807) is 7.11 Å². The van der Waals surface area contributed by atoms with Crippen molar-refractivity contribution in [2.45, 2.75) is 19.9 Å². The maximum absolute atomic E-state index is 13.6. The minimum atomic E-state index is -0.0213. The molecule has 1 amide bonds. The Morgan fingerprint density at radius 2 is 1.56 bits per heavy atom. The molecular formula is C27H25N3O2. The highest BCUT2D eigenvalue weighted by Crippen LogP contribution is 2.41. The van der Waals surface area contributed by atoms with E-state index in [0.29, 0.717) is 12.1 Å². The lowest BCUT2D eigenvalue weighted by molar-refractivity contribution is 0.0981. The molecule has 0 saturated carbocycles. The van der Waals surface area contributed by atoms with Crippen LogP contribution >= 0.6 is 0 Å². The molecule has 1 aromatic heterocycles. The summed E-state index contributed by atoms with van der Waals surface area (Å²) in [7, 11) is 1.62. The summed E-state index contributed by atoms with van der Waals surface area (Å²) < 4.78 is 7.23. The van der Waals surface area contributed by atoms with Crippen LogP contribution in [-0.2, 0) is 6.54 Å². The maximum Gasteiger partial charge on any atom is 0.259 e. The van der Waals surface area contributed by atoms with Gasteiger partial charge in [0, 0.05) is 24.2 Å². The molecular weight excluding hydrogens is 398 g/mol. The summed E-state index contributed by atoms with van der Waals surface area (Å²) in [5.74, 6) is 1.59. The Hall–Kier alpha value is -3.86. The maximum atomic E-state index is 13.6. The van der Waals surface area contributed by atoms with E-state index in [-0.39, 0.29) is 5.91 Å². The number of carbonyl (C=O) groups is 1. The van der Waals surface area contributed by atoms with Crippen LogP contribution in [0.1, 0.15) is 22.5 Å². The van der Waals surface area contributed by atoms with Gasteiger partial charge >= 0.3 is 0 Å². The zero-order chi connectivity index (χ0) is 22.1. The van der Waals surface area contributed by atoms with Gasteiger partial charge in [0.1, 0.15) is 11.6 Å². The van der Waals surface area contributed by atoms with Gasteiger partial charge in [0.25, 0.3) is 5.91 Å². The number of aromatic nitrogens is 2. The van der Waals surface area contributed by atoms with Crippen molar-refractivity contribution in [3.63, 3.8) is 0 Å². The van der Waals surface area contributed by atoms with Crippen LogP contribution in [0.15, 0.2) is 78.9 Å². The van der Waals surface area contributed by atoms with Gasteiger partial charge in [0.05, 0.1) is 12.8 Å². The third kappa shape index (κ3) is 3.46. The van der Waals surface area contributed by atoms with Gasteiger partial charge in [-0.25, -0.2) is 4.68 Å². The van der Waals surface area contributed by atoms with Crippen molar-refractivity contribution < 1.29 is 9.53 Å². The predicted molar refractivity (Wildman–Crippen MR) is 127 cm³/mol. The number of rotatable bonds is 4. The summed E-state index contributed by atoms with van der Waals surface area (Å²) in [4.78, 5) is 15.4. The number of amides is 1. The van der Waals surface area contributed by atoms with E-state index in [4.69, 9.17) is 9.84 Å². The van der Waals surface area contributed by atoms with Crippen molar-refractivity contribution in [1.29, 1.82) is 0 Å². The van der Waals surface area contributed by atoms with Gasteiger partial charge in [0.15, 0.2) is 0 Å². The lowest BCUT2D eigenvalue weighted by atomic mass is 9.94. The lowest BCUT2D eigenvalue weighted by Crippen LogP contribution is -2.37. The van der Waals surface area contributed by atoms with Gasteiger partial charge in [-0.15, -0.1) is 0 Å². The summed E-state index contributed by atoms with van der Waals surface area (Å²) >= 11 is 0. The largest absolute Gasteiger partial charge is 0.497 e. The van der Waals surface area contributed by atoms with Gasteiger partial charge in [-0.05, 0) is 54.3 Å². The molecule has 5 heteroatoms. The number of carbonyl (C=O) groups excluding carboxylic acids is 1. The molecule has 32 heavy (non-hydrogen) atoms. The zero-order valence-corrected chi connectivity index (χ0v) is 18.3. The van der Waals surface area contributed by atoms with E-state index in [1.807, 2.05) is 65.0 Å². The van der Waals surface area contributed by atoms with E-state index in [1.165, 1.54) is 0 Å². The number of benzene rings is 3. The van der Waals surface area contributed by atoms with Gasteiger partial charge in [-0.2, -0.15) is 5.10 Å². The second-order valence-corrected chi connectivity index (χ2v) is 7.96. The van der Waals surface area contributed by atoms with Gasteiger partial charge < -0.3 is 4.74 Å². The van der Waals surface area contributed by atoms with Crippen molar-refractivity contribution in [2.24, 2.45) is 0 Å². The number of anilines is 1. The highest BCUT2D eigenvalue weighted by Gasteiger charge is 2.30. The third-order valence-electron chi connectivity index (χ3n) is 5.97. The molecule has 4 aromatic rings. The first-order valence-corrected chi connectivity index (χ1v) is 10.9. The molecule has 160 valence electrons. The second kappa shape index (κ2) is 8.35. The Morgan fingerprint density at radius 3 is 2.28 bits per heavy atom. The first kappa shape index (κ1) is 20.1. The van der Waals surface area contributed by atoms with Crippen molar-refractivity contribution in [1.82, 2.24) is 9.78 Å². The van der Waals surface area contributed by atoms with Crippen molar-refractivity contribution in [2.75, 3.05) is 18.6 Å². The van der Waals surface area contributed by atoms with Crippen molar-refractivity contribution in [3.8, 4) is 28.0 Å². The summed E-state index contributed by atoms with van der Waals surface area (Å²) in [6.07, 6.45) is 0.871. The summed E-state index contributed by atoms with van der Waals surface area (Å²) in [6.45, 7) is 3.49. The number of methoxy groups -OCH3 is 1. The van der Waals surface area contributed by atoms with Crippen LogP contribution in [0.3, 0.4) is 0 Å². The summed E-state index contributed by atoms with van der Waals surface area (Å²) in [5, 5.41) is 4.82. The fraction of sp³-hybridized carbons (Fsp3) is 0.185. The predicted octanol–water partition coefficient (Wildman–Crippen LogP) is 5.58. The topological polar surface area (TPSA) is 47.4 Å². The Morgan fingerprint density at radius 1 is 0.875 bits per heavy atom. The number of hydrogen-bond acceptors (Lipinski definition) is 3. The van der Waals surface area contributed by atoms with E-state index in [9.17, 15) is 4.79 Å². The molecule has 0 radical (unpaired) electrons. The molecule has 0 unspecified atom stereocenters. The lowest BCUT2D eigenvalue weighted by Gasteiger charge is -2.29.